The van der Waals surface area contributed by atoms with Crippen LogP contribution in [0.25, 0.3) is 16.6 Å². The van der Waals surface area contributed by atoms with Gasteiger partial charge in [0.15, 0.2) is 0 Å². The lowest BCUT2D eigenvalue weighted by molar-refractivity contribution is -0.137. The number of aromatic nitrogens is 3. The molecule has 0 saturated heterocycles. The molecule has 1 aromatic carbocycles. The molecule has 0 radical (unpaired) electrons. The van der Waals surface area contributed by atoms with Gasteiger partial charge in [-0.1, -0.05) is 12.1 Å². The number of rotatable bonds is 2. The summed E-state index contributed by atoms with van der Waals surface area (Å²) < 4.78 is 2.91. The summed E-state index contributed by atoms with van der Waals surface area (Å²) in [5.41, 5.74) is 0.874. The Morgan fingerprint density at radius 1 is 1.33 bits per heavy atom. The fourth-order valence-electron chi connectivity index (χ4n) is 2.08. The zero-order valence-electron chi connectivity index (χ0n) is 9.28. The molecule has 0 amide bonds. The van der Waals surface area contributed by atoms with Crippen molar-refractivity contribution in [3.05, 3.63) is 47.1 Å². The van der Waals surface area contributed by atoms with E-state index in [0.717, 1.165) is 5.52 Å². The summed E-state index contributed by atoms with van der Waals surface area (Å²) in [6.07, 6.45) is 3.05. The van der Waals surface area contributed by atoms with Gasteiger partial charge in [0.25, 0.3) is 5.56 Å². The van der Waals surface area contributed by atoms with E-state index in [-0.39, 0.29) is 12.1 Å². The zero-order valence-corrected chi connectivity index (χ0v) is 9.28. The topological polar surface area (TPSA) is 76.6 Å². The number of imidazole rings is 1. The summed E-state index contributed by atoms with van der Waals surface area (Å²) in [7, 11) is 0. The summed E-state index contributed by atoms with van der Waals surface area (Å²) in [5, 5.41) is 9.35. The van der Waals surface area contributed by atoms with Gasteiger partial charge in [0.05, 0.1) is 17.1 Å². The number of benzene rings is 1. The van der Waals surface area contributed by atoms with Crippen molar-refractivity contribution in [3.63, 3.8) is 0 Å². The van der Waals surface area contributed by atoms with Crippen LogP contribution in [0.2, 0.25) is 0 Å². The first-order valence-electron chi connectivity index (χ1n) is 5.34. The van der Waals surface area contributed by atoms with Crippen molar-refractivity contribution in [2.75, 3.05) is 0 Å². The fraction of sp³-hybridized carbons (Fsp3) is 0.0833. The highest BCUT2D eigenvalue weighted by Gasteiger charge is 2.12. The average molecular weight is 243 g/mol. The number of aliphatic carboxylic acids is 1. The third-order valence-corrected chi connectivity index (χ3v) is 2.83. The van der Waals surface area contributed by atoms with Crippen LogP contribution in [0.5, 0.6) is 0 Å². The van der Waals surface area contributed by atoms with Crippen LogP contribution in [0.15, 0.2) is 41.6 Å². The van der Waals surface area contributed by atoms with Crippen molar-refractivity contribution in [2.24, 2.45) is 0 Å². The molecule has 0 aliphatic heterocycles. The van der Waals surface area contributed by atoms with E-state index in [2.05, 4.69) is 4.98 Å². The lowest BCUT2D eigenvalue weighted by Crippen LogP contribution is -2.26. The van der Waals surface area contributed by atoms with Crippen LogP contribution in [0.1, 0.15) is 0 Å². The molecule has 0 saturated carbocycles. The Kier molecular flexibility index (Phi) is 2.16. The number of para-hydroxylation sites is 1. The first-order valence-corrected chi connectivity index (χ1v) is 5.34. The molecular formula is C12H9N3O3. The Bertz CT molecular complexity index is 816. The summed E-state index contributed by atoms with van der Waals surface area (Å²) in [4.78, 5) is 27.0. The van der Waals surface area contributed by atoms with Crippen LogP contribution < -0.4 is 5.56 Å². The number of carboxylic acid groups (broad SMARTS) is 1. The molecule has 0 atom stereocenters. The maximum absolute atomic E-state index is 12.2. The Balaban J connectivity index is 2.52. The maximum atomic E-state index is 12.2. The van der Waals surface area contributed by atoms with E-state index < -0.39 is 5.97 Å². The average Bonchev–Trinajstić information content (AvgIpc) is 2.83. The van der Waals surface area contributed by atoms with E-state index >= 15 is 0 Å². The number of hydrogen-bond acceptors (Lipinski definition) is 3. The molecule has 2 aromatic heterocycles. The lowest BCUT2D eigenvalue weighted by atomic mass is 10.2. The second-order valence-corrected chi connectivity index (χ2v) is 3.92. The van der Waals surface area contributed by atoms with E-state index in [1.807, 2.05) is 6.07 Å². The Morgan fingerprint density at radius 3 is 2.89 bits per heavy atom. The summed E-state index contributed by atoms with van der Waals surface area (Å²) in [6, 6.07) is 7.05. The number of carbonyl (C=O) groups is 1. The van der Waals surface area contributed by atoms with Crippen molar-refractivity contribution in [2.45, 2.75) is 6.54 Å². The molecule has 0 unspecified atom stereocenters. The van der Waals surface area contributed by atoms with E-state index in [4.69, 9.17) is 5.11 Å². The highest BCUT2D eigenvalue weighted by atomic mass is 16.4. The molecule has 1 N–H and O–H groups in total. The van der Waals surface area contributed by atoms with Gasteiger partial charge in [-0.25, -0.2) is 4.98 Å². The van der Waals surface area contributed by atoms with Gasteiger partial charge in [0, 0.05) is 0 Å². The molecule has 0 aliphatic carbocycles. The third-order valence-electron chi connectivity index (χ3n) is 2.83. The molecule has 3 rings (SSSR count). The van der Waals surface area contributed by atoms with Gasteiger partial charge in [0.1, 0.15) is 18.5 Å². The highest BCUT2D eigenvalue weighted by Crippen LogP contribution is 2.12. The van der Waals surface area contributed by atoms with Gasteiger partial charge >= 0.3 is 5.97 Å². The van der Waals surface area contributed by atoms with Crippen LogP contribution in [0, 0.1) is 0 Å². The number of fused-ring (bicyclic) bond motifs is 3. The van der Waals surface area contributed by atoms with Crippen LogP contribution in [0.4, 0.5) is 0 Å². The molecule has 6 nitrogen and oxygen atoms in total. The standard InChI is InChI=1S/C12H9N3O3/c16-11(17)6-14-10-5-13-7-15(10)9-4-2-1-3-8(9)12(14)18/h1-5,7H,6H2,(H,16,17). The van der Waals surface area contributed by atoms with Gasteiger partial charge < -0.3 is 5.11 Å². The molecular weight excluding hydrogens is 234 g/mol. The zero-order chi connectivity index (χ0) is 12.7. The van der Waals surface area contributed by atoms with Crippen LogP contribution >= 0.6 is 0 Å². The quantitative estimate of drug-likeness (QED) is 0.720. The third kappa shape index (κ3) is 1.39. The van der Waals surface area contributed by atoms with E-state index in [1.54, 1.807) is 28.9 Å². The minimum Gasteiger partial charge on any atom is -0.480 e. The monoisotopic (exact) mass is 243 g/mol. The molecule has 90 valence electrons. The number of carboxylic acids is 1. The van der Waals surface area contributed by atoms with E-state index in [0.29, 0.717) is 11.0 Å². The van der Waals surface area contributed by atoms with Crippen molar-refractivity contribution in [1.29, 1.82) is 0 Å². The first kappa shape index (κ1) is 10.5. The smallest absolute Gasteiger partial charge is 0.323 e. The normalized spacial score (nSPS) is 11.1. The minimum atomic E-state index is -1.06. The van der Waals surface area contributed by atoms with Crippen molar-refractivity contribution in [1.82, 2.24) is 14.0 Å². The molecule has 6 heteroatoms. The molecule has 0 fully saturated rings. The van der Waals surface area contributed by atoms with E-state index in [9.17, 15) is 9.59 Å². The maximum Gasteiger partial charge on any atom is 0.323 e. The molecule has 0 spiro atoms. The Labute approximate surface area is 101 Å². The van der Waals surface area contributed by atoms with E-state index in [1.165, 1.54) is 10.8 Å². The van der Waals surface area contributed by atoms with Crippen molar-refractivity contribution >= 4 is 22.5 Å². The fourth-order valence-corrected chi connectivity index (χ4v) is 2.08. The summed E-state index contributed by atoms with van der Waals surface area (Å²) in [5.74, 6) is -1.06. The summed E-state index contributed by atoms with van der Waals surface area (Å²) >= 11 is 0. The van der Waals surface area contributed by atoms with Crippen LogP contribution in [0.3, 0.4) is 0 Å². The molecule has 3 aromatic rings. The molecule has 0 bridgehead atoms. The van der Waals surface area contributed by atoms with Gasteiger partial charge in [-0.2, -0.15) is 0 Å². The Morgan fingerprint density at radius 2 is 2.11 bits per heavy atom. The minimum absolute atomic E-state index is 0.319. The van der Waals surface area contributed by atoms with Crippen LogP contribution in [-0.4, -0.2) is 25.0 Å². The van der Waals surface area contributed by atoms with Gasteiger partial charge in [-0.05, 0) is 12.1 Å². The summed E-state index contributed by atoms with van der Waals surface area (Å²) in [6.45, 7) is -0.376. The number of nitrogens with zero attached hydrogens (tertiary/aromatic N) is 3. The van der Waals surface area contributed by atoms with Gasteiger partial charge in [-0.3, -0.25) is 18.6 Å². The van der Waals surface area contributed by atoms with Gasteiger partial charge in [0.2, 0.25) is 0 Å². The molecule has 0 aliphatic rings. The van der Waals surface area contributed by atoms with Crippen molar-refractivity contribution in [3.8, 4) is 0 Å². The largest absolute Gasteiger partial charge is 0.480 e. The van der Waals surface area contributed by atoms with Crippen LogP contribution in [-0.2, 0) is 11.3 Å². The second kappa shape index (κ2) is 3.69. The second-order valence-electron chi connectivity index (χ2n) is 3.92. The predicted molar refractivity (Wildman–Crippen MR) is 64.6 cm³/mol. The Hall–Kier alpha value is -2.63. The highest BCUT2D eigenvalue weighted by molar-refractivity contribution is 5.81. The number of hydrogen-bond donors (Lipinski definition) is 1. The van der Waals surface area contributed by atoms with Gasteiger partial charge in [-0.15, -0.1) is 0 Å². The molecule has 18 heavy (non-hydrogen) atoms. The molecule has 2 heterocycles. The lowest BCUT2D eigenvalue weighted by Gasteiger charge is -2.08. The van der Waals surface area contributed by atoms with Crippen molar-refractivity contribution < 1.29 is 9.90 Å². The SMILES string of the molecule is O=C(O)Cn1c(=O)c2ccccc2n2cncc12. The first-order chi connectivity index (χ1) is 8.68. The predicted octanol–water partition coefficient (Wildman–Crippen LogP) is 0.734.